The number of nitrogens with zero attached hydrogens (tertiary/aromatic N) is 2. The highest BCUT2D eigenvalue weighted by molar-refractivity contribution is 7.13. The molecule has 0 aliphatic carbocycles. The summed E-state index contributed by atoms with van der Waals surface area (Å²) in [5, 5.41) is 5.22. The fraction of sp³-hybridized carbons (Fsp3) is 0.227. The Kier molecular flexibility index (Phi) is 6.06. The summed E-state index contributed by atoms with van der Waals surface area (Å²) < 4.78 is 10.7. The molecule has 30 heavy (non-hydrogen) atoms. The van der Waals surface area contributed by atoms with Gasteiger partial charge in [0.15, 0.2) is 0 Å². The van der Waals surface area contributed by atoms with Crippen LogP contribution in [0.2, 0.25) is 0 Å². The Morgan fingerprint density at radius 3 is 2.63 bits per heavy atom. The molecule has 0 radical (unpaired) electrons. The topological polar surface area (TPSA) is 80.8 Å². The molecule has 0 spiro atoms. The van der Waals surface area contributed by atoms with Crippen LogP contribution in [-0.2, 0) is 4.74 Å². The molecule has 0 unspecified atom stereocenters. The van der Waals surface area contributed by atoms with Crippen LogP contribution in [0, 0.1) is 0 Å². The monoisotopic (exact) mass is 423 g/mol. The molecule has 0 bridgehead atoms. The molecule has 2 aromatic carbocycles. The summed E-state index contributed by atoms with van der Waals surface area (Å²) in [7, 11) is 1.60. The molecule has 1 aliphatic heterocycles. The van der Waals surface area contributed by atoms with E-state index in [0.29, 0.717) is 48.3 Å². The first-order valence-electron chi connectivity index (χ1n) is 9.53. The average molecular weight is 423 g/mol. The van der Waals surface area contributed by atoms with Crippen molar-refractivity contribution in [1.29, 1.82) is 0 Å². The van der Waals surface area contributed by atoms with Crippen LogP contribution in [0.3, 0.4) is 0 Å². The number of anilines is 1. The maximum absolute atomic E-state index is 12.9. The SMILES string of the molecule is COc1ccccc1-c1nc(C(=O)Nc2ccccc2C(=O)N2CCOCC2)cs1. The zero-order valence-corrected chi connectivity index (χ0v) is 17.3. The molecule has 1 aromatic heterocycles. The molecule has 7 nitrogen and oxygen atoms in total. The predicted molar refractivity (Wildman–Crippen MR) is 115 cm³/mol. The molecular weight excluding hydrogens is 402 g/mol. The summed E-state index contributed by atoms with van der Waals surface area (Å²) in [5.41, 5.74) is 2.03. The summed E-state index contributed by atoms with van der Waals surface area (Å²) in [6.07, 6.45) is 0. The van der Waals surface area contributed by atoms with Crippen molar-refractivity contribution >= 4 is 28.8 Å². The van der Waals surface area contributed by atoms with Crippen molar-refractivity contribution in [2.75, 3.05) is 38.7 Å². The van der Waals surface area contributed by atoms with E-state index in [4.69, 9.17) is 9.47 Å². The van der Waals surface area contributed by atoms with Gasteiger partial charge in [-0.25, -0.2) is 4.98 Å². The number of carbonyl (C=O) groups is 2. The Morgan fingerprint density at radius 1 is 1.10 bits per heavy atom. The van der Waals surface area contributed by atoms with Crippen molar-refractivity contribution in [3.8, 4) is 16.3 Å². The van der Waals surface area contributed by atoms with Crippen LogP contribution in [0.4, 0.5) is 5.69 Å². The lowest BCUT2D eigenvalue weighted by atomic mass is 10.1. The number of nitrogens with one attached hydrogen (secondary N) is 1. The second kappa shape index (κ2) is 9.06. The zero-order valence-electron chi connectivity index (χ0n) is 16.5. The number of para-hydroxylation sites is 2. The van der Waals surface area contributed by atoms with Gasteiger partial charge in [0.05, 0.1) is 37.1 Å². The van der Waals surface area contributed by atoms with Crippen LogP contribution in [-0.4, -0.2) is 55.1 Å². The van der Waals surface area contributed by atoms with E-state index in [2.05, 4.69) is 10.3 Å². The van der Waals surface area contributed by atoms with Crippen LogP contribution in [0.1, 0.15) is 20.8 Å². The van der Waals surface area contributed by atoms with Crippen molar-refractivity contribution < 1.29 is 19.1 Å². The van der Waals surface area contributed by atoms with Crippen LogP contribution in [0.25, 0.3) is 10.6 Å². The molecule has 2 amide bonds. The molecule has 0 atom stereocenters. The molecule has 2 heterocycles. The lowest BCUT2D eigenvalue weighted by molar-refractivity contribution is 0.0303. The first-order chi connectivity index (χ1) is 14.7. The number of aromatic nitrogens is 1. The predicted octanol–water partition coefficient (Wildman–Crippen LogP) is 3.54. The van der Waals surface area contributed by atoms with Crippen molar-refractivity contribution in [2.45, 2.75) is 0 Å². The maximum Gasteiger partial charge on any atom is 0.275 e. The smallest absolute Gasteiger partial charge is 0.275 e. The molecule has 1 N–H and O–H groups in total. The minimum absolute atomic E-state index is 0.123. The zero-order chi connectivity index (χ0) is 20.9. The molecule has 8 heteroatoms. The fourth-order valence-corrected chi connectivity index (χ4v) is 4.05. The Balaban J connectivity index is 1.54. The number of morpholine rings is 1. The lowest BCUT2D eigenvalue weighted by Crippen LogP contribution is -2.41. The first-order valence-corrected chi connectivity index (χ1v) is 10.4. The van der Waals surface area contributed by atoms with E-state index in [1.54, 1.807) is 41.7 Å². The minimum atomic E-state index is -0.366. The summed E-state index contributed by atoms with van der Waals surface area (Å²) in [4.78, 5) is 31.9. The summed E-state index contributed by atoms with van der Waals surface area (Å²) in [6, 6.07) is 14.5. The summed E-state index contributed by atoms with van der Waals surface area (Å²) in [6.45, 7) is 2.11. The van der Waals surface area contributed by atoms with Crippen molar-refractivity contribution in [3.63, 3.8) is 0 Å². The van der Waals surface area contributed by atoms with Gasteiger partial charge in [-0.15, -0.1) is 11.3 Å². The highest BCUT2D eigenvalue weighted by atomic mass is 32.1. The van der Waals surface area contributed by atoms with Gasteiger partial charge in [-0.05, 0) is 24.3 Å². The van der Waals surface area contributed by atoms with E-state index >= 15 is 0 Å². The Labute approximate surface area is 178 Å². The standard InChI is InChI=1S/C22H21N3O4S/c1-28-19-9-5-3-7-16(19)21-24-18(14-30-21)20(26)23-17-8-4-2-6-15(17)22(27)25-10-12-29-13-11-25/h2-9,14H,10-13H2,1H3,(H,23,26). The summed E-state index contributed by atoms with van der Waals surface area (Å²) >= 11 is 1.36. The second-order valence-corrected chi connectivity index (χ2v) is 7.50. The molecule has 1 aliphatic rings. The summed E-state index contributed by atoms with van der Waals surface area (Å²) in [5.74, 6) is 0.206. The van der Waals surface area contributed by atoms with Gasteiger partial charge < -0.3 is 19.7 Å². The fourth-order valence-electron chi connectivity index (χ4n) is 3.22. The highest BCUT2D eigenvalue weighted by Crippen LogP contribution is 2.32. The molecule has 154 valence electrons. The van der Waals surface area contributed by atoms with Gasteiger partial charge in [-0.3, -0.25) is 9.59 Å². The third-order valence-electron chi connectivity index (χ3n) is 4.78. The molecular formula is C22H21N3O4S. The van der Waals surface area contributed by atoms with Crippen LogP contribution < -0.4 is 10.1 Å². The number of carbonyl (C=O) groups excluding carboxylic acids is 2. The number of ether oxygens (including phenoxy) is 2. The van der Waals surface area contributed by atoms with Crippen LogP contribution in [0.15, 0.2) is 53.9 Å². The van der Waals surface area contributed by atoms with Crippen molar-refractivity contribution in [1.82, 2.24) is 9.88 Å². The number of hydrogen-bond donors (Lipinski definition) is 1. The van der Waals surface area contributed by atoms with E-state index in [-0.39, 0.29) is 17.5 Å². The number of benzene rings is 2. The van der Waals surface area contributed by atoms with Gasteiger partial charge in [0.25, 0.3) is 11.8 Å². The third kappa shape index (κ3) is 4.19. The van der Waals surface area contributed by atoms with Crippen LogP contribution >= 0.6 is 11.3 Å². The van der Waals surface area contributed by atoms with Gasteiger partial charge in [0, 0.05) is 18.5 Å². The quantitative estimate of drug-likeness (QED) is 0.679. The van der Waals surface area contributed by atoms with Crippen LogP contribution in [0.5, 0.6) is 5.75 Å². The normalized spacial score (nSPS) is 13.7. The number of thiazole rings is 1. The Bertz CT molecular complexity index is 1060. The third-order valence-corrected chi connectivity index (χ3v) is 5.65. The molecule has 0 saturated carbocycles. The van der Waals surface area contributed by atoms with E-state index in [9.17, 15) is 9.59 Å². The minimum Gasteiger partial charge on any atom is -0.496 e. The van der Waals surface area contributed by atoms with Gasteiger partial charge in [0.2, 0.25) is 0 Å². The van der Waals surface area contributed by atoms with Gasteiger partial charge in [0.1, 0.15) is 16.5 Å². The maximum atomic E-state index is 12.9. The van der Waals surface area contributed by atoms with E-state index in [1.165, 1.54) is 11.3 Å². The molecule has 3 aromatic rings. The van der Waals surface area contributed by atoms with Gasteiger partial charge in [-0.1, -0.05) is 24.3 Å². The van der Waals surface area contributed by atoms with Crippen molar-refractivity contribution in [2.24, 2.45) is 0 Å². The lowest BCUT2D eigenvalue weighted by Gasteiger charge is -2.27. The second-order valence-electron chi connectivity index (χ2n) is 6.64. The average Bonchev–Trinajstić information content (AvgIpc) is 3.30. The molecule has 1 saturated heterocycles. The van der Waals surface area contributed by atoms with Gasteiger partial charge >= 0.3 is 0 Å². The first kappa shape index (κ1) is 20.1. The molecule has 1 fully saturated rings. The Hall–Kier alpha value is -3.23. The Morgan fingerprint density at radius 2 is 1.83 bits per heavy atom. The van der Waals surface area contributed by atoms with E-state index < -0.39 is 0 Å². The number of rotatable bonds is 5. The van der Waals surface area contributed by atoms with E-state index in [0.717, 1.165) is 5.56 Å². The number of methoxy groups -OCH3 is 1. The van der Waals surface area contributed by atoms with Crippen molar-refractivity contribution in [3.05, 3.63) is 65.2 Å². The molecule has 4 rings (SSSR count). The largest absolute Gasteiger partial charge is 0.496 e. The number of amides is 2. The number of hydrogen-bond acceptors (Lipinski definition) is 6. The van der Waals surface area contributed by atoms with E-state index in [1.807, 2.05) is 24.3 Å². The highest BCUT2D eigenvalue weighted by Gasteiger charge is 2.22. The van der Waals surface area contributed by atoms with Gasteiger partial charge in [-0.2, -0.15) is 0 Å².